The summed E-state index contributed by atoms with van der Waals surface area (Å²) in [6, 6.07) is 14.4. The quantitative estimate of drug-likeness (QED) is 0.475. The van der Waals surface area contributed by atoms with Crippen molar-refractivity contribution in [2.45, 2.75) is 19.0 Å². The molecule has 1 unspecified atom stereocenters. The van der Waals surface area contributed by atoms with E-state index in [1.54, 1.807) is 18.1 Å². The van der Waals surface area contributed by atoms with E-state index in [-0.39, 0.29) is 18.2 Å². The average molecular weight is 441 g/mol. The molecular weight excluding hydrogens is 416 g/mol. The molecule has 3 aromatic rings. The van der Waals surface area contributed by atoms with Gasteiger partial charge in [0.05, 0.1) is 13.5 Å². The van der Waals surface area contributed by atoms with E-state index >= 15 is 0 Å². The summed E-state index contributed by atoms with van der Waals surface area (Å²) < 4.78 is 5.17. The van der Waals surface area contributed by atoms with E-state index in [9.17, 15) is 9.59 Å². The molecule has 156 valence electrons. The van der Waals surface area contributed by atoms with Gasteiger partial charge in [0.2, 0.25) is 11.8 Å². The van der Waals surface area contributed by atoms with E-state index in [0.717, 1.165) is 21.1 Å². The Balaban J connectivity index is 1.78. The predicted octanol–water partition coefficient (Wildman–Crippen LogP) is 4.43. The fourth-order valence-electron chi connectivity index (χ4n) is 3.05. The van der Waals surface area contributed by atoms with Gasteiger partial charge < -0.3 is 15.0 Å². The fraction of sp³-hybridized carbons (Fsp3) is 0.217. The van der Waals surface area contributed by atoms with Crippen LogP contribution >= 0.6 is 22.7 Å². The molecule has 0 spiro atoms. The van der Waals surface area contributed by atoms with Gasteiger partial charge in [-0.15, -0.1) is 29.3 Å². The van der Waals surface area contributed by atoms with Crippen LogP contribution in [0.15, 0.2) is 71.9 Å². The second-order valence-corrected chi connectivity index (χ2v) is 8.59. The van der Waals surface area contributed by atoms with E-state index < -0.39 is 6.04 Å². The van der Waals surface area contributed by atoms with E-state index in [1.807, 2.05) is 59.3 Å². The highest BCUT2D eigenvalue weighted by atomic mass is 32.1. The molecule has 0 saturated heterocycles. The smallest absolute Gasteiger partial charge is 0.248 e. The lowest BCUT2D eigenvalue weighted by Gasteiger charge is -2.29. The lowest BCUT2D eigenvalue weighted by molar-refractivity contribution is -0.139. The summed E-state index contributed by atoms with van der Waals surface area (Å²) in [6.45, 7) is 4.44. The van der Waals surface area contributed by atoms with Gasteiger partial charge in [0, 0.05) is 22.8 Å². The van der Waals surface area contributed by atoms with Gasteiger partial charge in [-0.1, -0.05) is 30.3 Å². The van der Waals surface area contributed by atoms with Crippen LogP contribution in [0.4, 0.5) is 0 Å². The van der Waals surface area contributed by atoms with Crippen LogP contribution in [0, 0.1) is 0 Å². The van der Waals surface area contributed by atoms with Crippen molar-refractivity contribution in [1.82, 2.24) is 10.2 Å². The molecule has 0 aliphatic heterocycles. The standard InChI is InChI=1S/C23H24N2O3S2/c1-3-12-25(21(26)15-19-6-4-13-29-19)22(20-7-5-14-30-20)23(27)24-16-17-8-10-18(28-2)11-9-17/h3-11,13-14,22H,1,12,15-16H2,2H3,(H,24,27). The molecule has 1 aromatic carbocycles. The maximum atomic E-state index is 13.2. The van der Waals surface area contributed by atoms with E-state index in [4.69, 9.17) is 4.74 Å². The normalized spacial score (nSPS) is 11.5. The summed E-state index contributed by atoms with van der Waals surface area (Å²) in [4.78, 5) is 29.7. The zero-order valence-corrected chi connectivity index (χ0v) is 18.4. The third-order valence-corrected chi connectivity index (χ3v) is 6.35. The summed E-state index contributed by atoms with van der Waals surface area (Å²) in [5.74, 6) is 0.447. The molecule has 5 nitrogen and oxygen atoms in total. The number of ether oxygens (including phenoxy) is 1. The molecule has 2 amide bonds. The lowest BCUT2D eigenvalue weighted by Crippen LogP contribution is -2.44. The van der Waals surface area contributed by atoms with Crippen LogP contribution in [0.3, 0.4) is 0 Å². The van der Waals surface area contributed by atoms with Gasteiger partial charge in [-0.25, -0.2) is 0 Å². The number of amides is 2. The highest BCUT2D eigenvalue weighted by molar-refractivity contribution is 7.10. The van der Waals surface area contributed by atoms with E-state index in [2.05, 4.69) is 11.9 Å². The molecule has 0 saturated carbocycles. The Bertz CT molecular complexity index is 951. The van der Waals surface area contributed by atoms with Crippen molar-refractivity contribution in [3.8, 4) is 5.75 Å². The number of methoxy groups -OCH3 is 1. The van der Waals surface area contributed by atoms with Crippen LogP contribution < -0.4 is 10.1 Å². The summed E-state index contributed by atoms with van der Waals surface area (Å²) >= 11 is 3.00. The molecule has 0 aliphatic carbocycles. The van der Waals surface area contributed by atoms with E-state index in [0.29, 0.717) is 13.1 Å². The third-order valence-electron chi connectivity index (χ3n) is 4.55. The largest absolute Gasteiger partial charge is 0.497 e. The summed E-state index contributed by atoms with van der Waals surface area (Å²) in [6.07, 6.45) is 1.92. The molecule has 2 heterocycles. The molecular formula is C23H24N2O3S2. The molecule has 0 aliphatic rings. The molecule has 3 rings (SSSR count). The number of nitrogens with one attached hydrogen (secondary N) is 1. The Morgan fingerprint density at radius 3 is 2.47 bits per heavy atom. The fourth-order valence-corrected chi connectivity index (χ4v) is 4.58. The highest BCUT2D eigenvalue weighted by Crippen LogP contribution is 2.27. The van der Waals surface area contributed by atoms with Crippen molar-refractivity contribution in [2.75, 3.05) is 13.7 Å². The van der Waals surface area contributed by atoms with Crippen LogP contribution in [0.2, 0.25) is 0 Å². The first-order valence-corrected chi connectivity index (χ1v) is 11.2. The zero-order chi connectivity index (χ0) is 21.3. The topological polar surface area (TPSA) is 58.6 Å². The van der Waals surface area contributed by atoms with Gasteiger partial charge in [-0.3, -0.25) is 9.59 Å². The van der Waals surface area contributed by atoms with E-state index in [1.165, 1.54) is 22.7 Å². The van der Waals surface area contributed by atoms with Crippen LogP contribution in [-0.4, -0.2) is 30.4 Å². The highest BCUT2D eigenvalue weighted by Gasteiger charge is 2.31. The zero-order valence-electron chi connectivity index (χ0n) is 16.7. The van der Waals surface area contributed by atoms with Crippen molar-refractivity contribution in [3.63, 3.8) is 0 Å². The molecule has 1 atom stereocenters. The number of hydrogen-bond acceptors (Lipinski definition) is 5. The SMILES string of the molecule is C=CCN(C(=O)Cc1cccs1)C(C(=O)NCc1ccc(OC)cc1)c1cccs1. The first-order chi connectivity index (χ1) is 14.6. The Kier molecular flexibility index (Phi) is 7.82. The predicted molar refractivity (Wildman–Crippen MR) is 122 cm³/mol. The van der Waals surface area contributed by atoms with Crippen molar-refractivity contribution in [1.29, 1.82) is 0 Å². The number of hydrogen-bond donors (Lipinski definition) is 1. The average Bonchev–Trinajstić information content (AvgIpc) is 3.47. The first-order valence-electron chi connectivity index (χ1n) is 9.49. The summed E-state index contributed by atoms with van der Waals surface area (Å²) in [5, 5.41) is 6.83. The van der Waals surface area contributed by atoms with Crippen molar-refractivity contribution >= 4 is 34.5 Å². The van der Waals surface area contributed by atoms with Crippen LogP contribution in [-0.2, 0) is 22.6 Å². The summed E-state index contributed by atoms with van der Waals surface area (Å²) in [7, 11) is 1.61. The van der Waals surface area contributed by atoms with Crippen LogP contribution in [0.1, 0.15) is 21.4 Å². The van der Waals surface area contributed by atoms with Crippen molar-refractivity contribution in [3.05, 3.63) is 87.3 Å². The molecule has 1 N–H and O–H groups in total. The number of carbonyl (C=O) groups is 2. The van der Waals surface area contributed by atoms with Crippen molar-refractivity contribution in [2.24, 2.45) is 0 Å². The second-order valence-electron chi connectivity index (χ2n) is 6.57. The third kappa shape index (κ3) is 5.58. The van der Waals surface area contributed by atoms with Gasteiger partial charge in [0.15, 0.2) is 0 Å². The minimum absolute atomic E-state index is 0.102. The monoisotopic (exact) mass is 440 g/mol. The van der Waals surface area contributed by atoms with Gasteiger partial charge in [0.25, 0.3) is 0 Å². The maximum absolute atomic E-state index is 13.2. The minimum Gasteiger partial charge on any atom is -0.497 e. The maximum Gasteiger partial charge on any atom is 0.248 e. The Labute approximate surface area is 184 Å². The Morgan fingerprint density at radius 2 is 1.87 bits per heavy atom. The van der Waals surface area contributed by atoms with Crippen LogP contribution in [0.5, 0.6) is 5.75 Å². The number of thiophene rings is 2. The number of benzene rings is 1. The molecule has 0 fully saturated rings. The summed E-state index contributed by atoms with van der Waals surface area (Å²) in [5.41, 5.74) is 0.953. The van der Waals surface area contributed by atoms with Gasteiger partial charge in [0.1, 0.15) is 11.8 Å². The van der Waals surface area contributed by atoms with Crippen molar-refractivity contribution < 1.29 is 14.3 Å². The van der Waals surface area contributed by atoms with Gasteiger partial charge in [-0.2, -0.15) is 0 Å². The van der Waals surface area contributed by atoms with Crippen LogP contribution in [0.25, 0.3) is 0 Å². The molecule has 30 heavy (non-hydrogen) atoms. The molecule has 0 radical (unpaired) electrons. The number of rotatable bonds is 10. The molecule has 2 aromatic heterocycles. The number of carbonyl (C=O) groups excluding carboxylic acids is 2. The van der Waals surface area contributed by atoms with Gasteiger partial charge >= 0.3 is 0 Å². The van der Waals surface area contributed by atoms with Gasteiger partial charge in [-0.05, 0) is 40.6 Å². The Morgan fingerprint density at radius 1 is 1.13 bits per heavy atom. The lowest BCUT2D eigenvalue weighted by atomic mass is 10.1. The Hall–Kier alpha value is -2.90. The number of nitrogens with zero attached hydrogens (tertiary/aromatic N) is 1. The second kappa shape index (κ2) is 10.8. The minimum atomic E-state index is -0.700. The first kappa shape index (κ1) is 21.8. The molecule has 7 heteroatoms. The molecule has 0 bridgehead atoms.